The smallest absolute Gasteiger partial charge is 0.129 e. The minimum Gasteiger partial charge on any atom is -0.390 e. The molecule has 0 aliphatic heterocycles. The van der Waals surface area contributed by atoms with E-state index in [1.54, 1.807) is 0 Å². The summed E-state index contributed by atoms with van der Waals surface area (Å²) in [4.78, 5) is 5.33. The Bertz CT molecular complexity index is 184. The average molecular weight is 183 g/mol. The van der Waals surface area contributed by atoms with Gasteiger partial charge in [0.2, 0.25) is 0 Å². The Hall–Kier alpha value is -0.570. The lowest BCUT2D eigenvalue weighted by Gasteiger charge is -2.21. The molecule has 3 heteroatoms. The SMILES string of the molecule is CC(C)(C)ON=C1CCC([NH])CC1. The maximum Gasteiger partial charge on any atom is 0.129 e. The molecule has 75 valence electrons. The van der Waals surface area contributed by atoms with Crippen molar-refractivity contribution in [3.05, 3.63) is 0 Å². The maximum absolute atomic E-state index is 7.52. The van der Waals surface area contributed by atoms with E-state index in [1.165, 1.54) is 0 Å². The van der Waals surface area contributed by atoms with Gasteiger partial charge in [0.05, 0.1) is 5.71 Å². The van der Waals surface area contributed by atoms with E-state index < -0.39 is 0 Å². The molecule has 1 saturated carbocycles. The molecule has 0 amide bonds. The fourth-order valence-electron chi connectivity index (χ4n) is 1.24. The molecular weight excluding hydrogens is 164 g/mol. The molecule has 0 aromatic carbocycles. The van der Waals surface area contributed by atoms with Crippen LogP contribution in [0.3, 0.4) is 0 Å². The topological polar surface area (TPSA) is 45.4 Å². The van der Waals surface area contributed by atoms with Crippen LogP contribution in [0.15, 0.2) is 5.16 Å². The van der Waals surface area contributed by atoms with Gasteiger partial charge in [0.15, 0.2) is 0 Å². The number of hydrogen-bond acceptors (Lipinski definition) is 2. The molecule has 1 fully saturated rings. The molecule has 0 spiro atoms. The van der Waals surface area contributed by atoms with Gasteiger partial charge in [-0.05, 0) is 46.5 Å². The maximum atomic E-state index is 7.52. The van der Waals surface area contributed by atoms with E-state index in [1.807, 2.05) is 20.8 Å². The molecular formula is C10H19N2O. The summed E-state index contributed by atoms with van der Waals surface area (Å²) < 4.78 is 0. The molecule has 1 radical (unpaired) electrons. The van der Waals surface area contributed by atoms with Crippen LogP contribution >= 0.6 is 0 Å². The van der Waals surface area contributed by atoms with E-state index >= 15 is 0 Å². The lowest BCUT2D eigenvalue weighted by molar-refractivity contribution is -0.0000618. The van der Waals surface area contributed by atoms with Crippen LogP contribution in [-0.4, -0.2) is 17.4 Å². The standard InChI is InChI=1S/C10H19N2O/c1-10(2,3)13-12-9-6-4-8(11)5-7-9/h8,11H,4-7H2,1-3H3. The molecule has 0 unspecified atom stereocenters. The first kappa shape index (κ1) is 10.5. The molecule has 1 rings (SSSR count). The molecule has 0 atom stereocenters. The zero-order chi connectivity index (χ0) is 9.90. The van der Waals surface area contributed by atoms with Crippen LogP contribution < -0.4 is 5.73 Å². The minimum absolute atomic E-state index is 0.119. The number of nitrogens with zero attached hydrogens (tertiary/aromatic N) is 1. The Morgan fingerprint density at radius 2 is 1.85 bits per heavy atom. The van der Waals surface area contributed by atoms with E-state index in [0.717, 1.165) is 31.4 Å². The minimum atomic E-state index is -0.190. The van der Waals surface area contributed by atoms with Crippen molar-refractivity contribution in [3.63, 3.8) is 0 Å². The third kappa shape index (κ3) is 4.27. The van der Waals surface area contributed by atoms with Crippen LogP contribution in [0.5, 0.6) is 0 Å². The molecule has 13 heavy (non-hydrogen) atoms. The Kier molecular flexibility index (Phi) is 3.31. The van der Waals surface area contributed by atoms with Crippen LogP contribution in [0, 0.1) is 0 Å². The number of nitrogens with one attached hydrogen (secondary N) is 1. The Morgan fingerprint density at radius 3 is 2.31 bits per heavy atom. The molecule has 0 aromatic heterocycles. The van der Waals surface area contributed by atoms with Crippen molar-refractivity contribution in [1.29, 1.82) is 0 Å². The van der Waals surface area contributed by atoms with Crippen LogP contribution in [0.1, 0.15) is 46.5 Å². The van der Waals surface area contributed by atoms with Gasteiger partial charge in [0.25, 0.3) is 0 Å². The summed E-state index contributed by atoms with van der Waals surface area (Å²) in [7, 11) is 0. The highest BCUT2D eigenvalue weighted by Crippen LogP contribution is 2.17. The van der Waals surface area contributed by atoms with Gasteiger partial charge in [-0.1, -0.05) is 5.16 Å². The van der Waals surface area contributed by atoms with Crippen molar-refractivity contribution in [1.82, 2.24) is 5.73 Å². The molecule has 0 bridgehead atoms. The fourth-order valence-corrected chi connectivity index (χ4v) is 1.24. The summed E-state index contributed by atoms with van der Waals surface area (Å²) >= 11 is 0. The molecule has 0 saturated heterocycles. The molecule has 1 aliphatic carbocycles. The first-order valence-corrected chi connectivity index (χ1v) is 4.92. The predicted octanol–water partition coefficient (Wildman–Crippen LogP) is 2.38. The first-order chi connectivity index (χ1) is 5.97. The van der Waals surface area contributed by atoms with Gasteiger partial charge >= 0.3 is 0 Å². The number of oxime groups is 1. The van der Waals surface area contributed by atoms with Crippen molar-refractivity contribution in [3.8, 4) is 0 Å². The highest BCUT2D eigenvalue weighted by Gasteiger charge is 2.16. The Labute approximate surface area is 80.3 Å². The van der Waals surface area contributed by atoms with Crippen LogP contribution in [-0.2, 0) is 4.84 Å². The highest BCUT2D eigenvalue weighted by molar-refractivity contribution is 5.84. The van der Waals surface area contributed by atoms with Crippen LogP contribution in [0.25, 0.3) is 0 Å². The molecule has 0 aromatic rings. The molecule has 3 nitrogen and oxygen atoms in total. The summed E-state index contributed by atoms with van der Waals surface area (Å²) in [6, 6.07) is 0.119. The van der Waals surface area contributed by atoms with Crippen molar-refractivity contribution < 1.29 is 4.84 Å². The van der Waals surface area contributed by atoms with Gasteiger partial charge < -0.3 is 4.84 Å². The normalized spacial score (nSPS) is 24.3. The fraction of sp³-hybridized carbons (Fsp3) is 0.900. The third-order valence-electron chi connectivity index (χ3n) is 2.01. The molecule has 1 N–H and O–H groups in total. The van der Waals surface area contributed by atoms with Gasteiger partial charge in [-0.3, -0.25) is 5.73 Å². The number of rotatable bonds is 1. The van der Waals surface area contributed by atoms with E-state index in [0.29, 0.717) is 0 Å². The summed E-state index contributed by atoms with van der Waals surface area (Å²) in [6.07, 6.45) is 3.74. The Balaban J connectivity index is 2.36. The Morgan fingerprint density at radius 1 is 1.31 bits per heavy atom. The average Bonchev–Trinajstić information content (AvgIpc) is 2.02. The zero-order valence-corrected chi connectivity index (χ0v) is 8.76. The summed E-state index contributed by atoms with van der Waals surface area (Å²) in [6.45, 7) is 5.98. The van der Waals surface area contributed by atoms with Crippen molar-refractivity contribution in [2.24, 2.45) is 5.16 Å². The predicted molar refractivity (Wildman–Crippen MR) is 53.6 cm³/mol. The monoisotopic (exact) mass is 183 g/mol. The van der Waals surface area contributed by atoms with Crippen LogP contribution in [0.2, 0.25) is 0 Å². The van der Waals surface area contributed by atoms with Gasteiger partial charge in [0, 0.05) is 6.04 Å². The highest BCUT2D eigenvalue weighted by atomic mass is 16.6. The largest absolute Gasteiger partial charge is 0.390 e. The quantitative estimate of drug-likeness (QED) is 0.576. The second-order valence-corrected chi connectivity index (χ2v) is 4.64. The van der Waals surface area contributed by atoms with Gasteiger partial charge in [-0.15, -0.1) is 0 Å². The third-order valence-corrected chi connectivity index (χ3v) is 2.01. The summed E-state index contributed by atoms with van der Waals surface area (Å²) in [5.74, 6) is 0. The molecule has 0 heterocycles. The first-order valence-electron chi connectivity index (χ1n) is 4.92. The van der Waals surface area contributed by atoms with E-state index in [-0.39, 0.29) is 11.6 Å². The number of hydrogen-bond donors (Lipinski definition) is 0. The second kappa shape index (κ2) is 4.09. The van der Waals surface area contributed by atoms with E-state index in [9.17, 15) is 0 Å². The van der Waals surface area contributed by atoms with E-state index in [4.69, 9.17) is 10.6 Å². The van der Waals surface area contributed by atoms with Crippen molar-refractivity contribution in [2.45, 2.75) is 58.1 Å². The van der Waals surface area contributed by atoms with Gasteiger partial charge in [-0.2, -0.15) is 0 Å². The van der Waals surface area contributed by atoms with Crippen LogP contribution in [0.4, 0.5) is 0 Å². The van der Waals surface area contributed by atoms with Gasteiger partial charge in [-0.25, -0.2) is 0 Å². The van der Waals surface area contributed by atoms with E-state index in [2.05, 4.69) is 5.16 Å². The summed E-state index contributed by atoms with van der Waals surface area (Å²) in [5, 5.41) is 4.12. The van der Waals surface area contributed by atoms with Gasteiger partial charge in [0.1, 0.15) is 5.60 Å². The molecule has 1 aliphatic rings. The lowest BCUT2D eigenvalue weighted by atomic mass is 9.95. The second-order valence-electron chi connectivity index (χ2n) is 4.64. The van der Waals surface area contributed by atoms with Crippen molar-refractivity contribution in [2.75, 3.05) is 0 Å². The zero-order valence-electron chi connectivity index (χ0n) is 8.76. The lowest BCUT2D eigenvalue weighted by Crippen LogP contribution is -2.22. The summed E-state index contributed by atoms with van der Waals surface area (Å²) in [5.41, 5.74) is 8.46. The van der Waals surface area contributed by atoms with Crippen molar-refractivity contribution >= 4 is 5.71 Å².